The number of nitrogen functional groups attached to an aromatic ring is 1. The third-order valence-corrected chi connectivity index (χ3v) is 3.12. The molecule has 0 aromatic carbocycles. The summed E-state index contributed by atoms with van der Waals surface area (Å²) in [4.78, 5) is 8.65. The number of anilines is 1. The molecule has 2 heterocycles. The van der Waals surface area contributed by atoms with Crippen LogP contribution in [0.4, 0.5) is 5.82 Å². The van der Waals surface area contributed by atoms with Crippen LogP contribution in [0, 0.1) is 20.8 Å². The Kier molecular flexibility index (Phi) is 3.81. The summed E-state index contributed by atoms with van der Waals surface area (Å²) >= 11 is 0. The van der Waals surface area contributed by atoms with Gasteiger partial charge in [0.2, 0.25) is 0 Å². The third-order valence-electron chi connectivity index (χ3n) is 3.12. The molecule has 0 spiro atoms. The summed E-state index contributed by atoms with van der Waals surface area (Å²) in [5.41, 5.74) is 11.3. The summed E-state index contributed by atoms with van der Waals surface area (Å²) in [5, 5.41) is 3.31. The van der Waals surface area contributed by atoms with Gasteiger partial charge in [-0.1, -0.05) is 0 Å². The molecule has 1 unspecified atom stereocenters. The summed E-state index contributed by atoms with van der Waals surface area (Å²) in [6.07, 6.45) is 1.79. The Bertz CT molecular complexity index is 572. The zero-order valence-electron chi connectivity index (χ0n) is 11.9. The second-order valence-electron chi connectivity index (χ2n) is 4.89. The van der Waals surface area contributed by atoms with Gasteiger partial charge in [0.15, 0.2) is 0 Å². The minimum absolute atomic E-state index is 0.0350. The van der Waals surface area contributed by atoms with Crippen LogP contribution in [0.15, 0.2) is 24.4 Å². The number of aromatic nitrogens is 2. The molecular formula is C15H20N4. The van der Waals surface area contributed by atoms with Crippen molar-refractivity contribution in [2.45, 2.75) is 26.8 Å². The van der Waals surface area contributed by atoms with E-state index in [1.54, 1.807) is 6.20 Å². The highest BCUT2D eigenvalue weighted by molar-refractivity contribution is 5.47. The first kappa shape index (κ1) is 13.5. The van der Waals surface area contributed by atoms with Crippen LogP contribution in [-0.4, -0.2) is 17.0 Å². The first-order valence-corrected chi connectivity index (χ1v) is 6.35. The van der Waals surface area contributed by atoms with Gasteiger partial charge in [0.1, 0.15) is 5.82 Å². The van der Waals surface area contributed by atoms with E-state index in [9.17, 15) is 0 Å². The molecule has 0 saturated heterocycles. The Morgan fingerprint density at radius 1 is 1.11 bits per heavy atom. The molecule has 4 nitrogen and oxygen atoms in total. The lowest BCUT2D eigenvalue weighted by molar-refractivity contribution is 0.687. The molecule has 0 aliphatic heterocycles. The molecule has 0 radical (unpaired) electrons. The zero-order chi connectivity index (χ0) is 14.0. The van der Waals surface area contributed by atoms with Crippen molar-refractivity contribution in [3.05, 3.63) is 52.5 Å². The number of nitrogens with one attached hydrogen (secondary N) is 1. The molecule has 0 bridgehead atoms. The molecule has 0 saturated carbocycles. The SMILES string of the molecule is CNC(c1cc(C)nc(C)c1)c1cc(C)cnc1N. The maximum Gasteiger partial charge on any atom is 0.128 e. The predicted octanol–water partition coefficient (Wildman–Crippen LogP) is 2.29. The molecule has 19 heavy (non-hydrogen) atoms. The Morgan fingerprint density at radius 2 is 1.74 bits per heavy atom. The highest BCUT2D eigenvalue weighted by Crippen LogP contribution is 2.26. The molecular weight excluding hydrogens is 236 g/mol. The lowest BCUT2D eigenvalue weighted by Gasteiger charge is -2.19. The van der Waals surface area contributed by atoms with Crippen molar-refractivity contribution in [3.63, 3.8) is 0 Å². The summed E-state index contributed by atoms with van der Waals surface area (Å²) in [6.45, 7) is 6.02. The van der Waals surface area contributed by atoms with E-state index in [2.05, 4.69) is 33.5 Å². The van der Waals surface area contributed by atoms with Crippen molar-refractivity contribution in [1.29, 1.82) is 0 Å². The topological polar surface area (TPSA) is 63.8 Å². The minimum atomic E-state index is 0.0350. The fraction of sp³-hybridized carbons (Fsp3) is 0.333. The molecule has 0 amide bonds. The molecule has 0 fully saturated rings. The minimum Gasteiger partial charge on any atom is -0.383 e. The number of pyridine rings is 2. The molecule has 3 N–H and O–H groups in total. The van der Waals surface area contributed by atoms with Gasteiger partial charge >= 0.3 is 0 Å². The van der Waals surface area contributed by atoms with Gasteiger partial charge in [-0.3, -0.25) is 4.98 Å². The van der Waals surface area contributed by atoms with Gasteiger partial charge in [-0.15, -0.1) is 0 Å². The van der Waals surface area contributed by atoms with E-state index in [4.69, 9.17) is 5.73 Å². The number of nitrogens with zero attached hydrogens (tertiary/aromatic N) is 2. The van der Waals surface area contributed by atoms with Crippen LogP contribution in [0.3, 0.4) is 0 Å². The van der Waals surface area contributed by atoms with Crippen LogP contribution in [0.1, 0.15) is 34.1 Å². The smallest absolute Gasteiger partial charge is 0.128 e. The Balaban J connectivity index is 2.52. The van der Waals surface area contributed by atoms with Crippen LogP contribution in [0.5, 0.6) is 0 Å². The molecule has 0 aliphatic carbocycles. The summed E-state index contributed by atoms with van der Waals surface area (Å²) in [7, 11) is 1.93. The molecule has 2 aromatic heterocycles. The second kappa shape index (κ2) is 5.36. The van der Waals surface area contributed by atoms with Gasteiger partial charge in [-0.2, -0.15) is 0 Å². The van der Waals surface area contributed by atoms with Crippen molar-refractivity contribution in [1.82, 2.24) is 15.3 Å². The fourth-order valence-electron chi connectivity index (χ4n) is 2.37. The normalized spacial score (nSPS) is 12.4. The predicted molar refractivity (Wildman–Crippen MR) is 78.0 cm³/mol. The van der Waals surface area contributed by atoms with Crippen molar-refractivity contribution in [3.8, 4) is 0 Å². The molecule has 100 valence electrons. The van der Waals surface area contributed by atoms with Crippen LogP contribution in [0.2, 0.25) is 0 Å². The van der Waals surface area contributed by atoms with E-state index in [1.165, 1.54) is 0 Å². The molecule has 4 heteroatoms. The summed E-state index contributed by atoms with van der Waals surface area (Å²) in [5.74, 6) is 0.567. The van der Waals surface area contributed by atoms with E-state index < -0.39 is 0 Å². The second-order valence-corrected chi connectivity index (χ2v) is 4.89. The van der Waals surface area contributed by atoms with Gasteiger partial charge in [-0.05, 0) is 57.1 Å². The Morgan fingerprint density at radius 3 is 2.32 bits per heavy atom. The first-order chi connectivity index (χ1) is 9.01. The number of hydrogen-bond donors (Lipinski definition) is 2. The van der Waals surface area contributed by atoms with Gasteiger partial charge in [0, 0.05) is 23.1 Å². The van der Waals surface area contributed by atoms with E-state index >= 15 is 0 Å². The lowest BCUT2D eigenvalue weighted by atomic mass is 9.98. The van der Waals surface area contributed by atoms with Gasteiger partial charge in [0.05, 0.1) is 6.04 Å². The van der Waals surface area contributed by atoms with Crippen molar-refractivity contribution >= 4 is 5.82 Å². The number of aryl methyl sites for hydroxylation is 3. The van der Waals surface area contributed by atoms with Crippen LogP contribution >= 0.6 is 0 Å². The van der Waals surface area contributed by atoms with Crippen molar-refractivity contribution in [2.24, 2.45) is 0 Å². The van der Waals surface area contributed by atoms with Gasteiger partial charge in [0.25, 0.3) is 0 Å². The monoisotopic (exact) mass is 256 g/mol. The number of hydrogen-bond acceptors (Lipinski definition) is 4. The van der Waals surface area contributed by atoms with Gasteiger partial charge in [-0.25, -0.2) is 4.98 Å². The van der Waals surface area contributed by atoms with Crippen molar-refractivity contribution in [2.75, 3.05) is 12.8 Å². The number of nitrogens with two attached hydrogens (primary N) is 1. The highest BCUT2D eigenvalue weighted by Gasteiger charge is 2.16. The average Bonchev–Trinajstić information content (AvgIpc) is 2.33. The van der Waals surface area contributed by atoms with E-state index in [1.807, 2.05) is 27.8 Å². The first-order valence-electron chi connectivity index (χ1n) is 6.35. The zero-order valence-corrected chi connectivity index (χ0v) is 11.9. The molecule has 2 aromatic rings. The van der Waals surface area contributed by atoms with Gasteiger partial charge < -0.3 is 11.1 Å². The standard InChI is InChI=1S/C15H20N4/c1-9-5-13(15(16)18-8-9)14(17-4)12-6-10(2)19-11(3)7-12/h5-8,14,17H,1-4H3,(H2,16,18). The Labute approximate surface area is 114 Å². The molecule has 0 aliphatic rings. The fourth-order valence-corrected chi connectivity index (χ4v) is 2.37. The maximum atomic E-state index is 6.01. The van der Waals surface area contributed by atoms with E-state index in [-0.39, 0.29) is 6.04 Å². The third kappa shape index (κ3) is 2.90. The average molecular weight is 256 g/mol. The van der Waals surface area contributed by atoms with Crippen molar-refractivity contribution < 1.29 is 0 Å². The summed E-state index contributed by atoms with van der Waals surface area (Å²) in [6, 6.07) is 6.27. The van der Waals surface area contributed by atoms with E-state index in [0.29, 0.717) is 5.82 Å². The van der Waals surface area contributed by atoms with Crippen LogP contribution in [-0.2, 0) is 0 Å². The largest absolute Gasteiger partial charge is 0.383 e. The summed E-state index contributed by atoms with van der Waals surface area (Å²) < 4.78 is 0. The van der Waals surface area contributed by atoms with Crippen LogP contribution in [0.25, 0.3) is 0 Å². The van der Waals surface area contributed by atoms with E-state index in [0.717, 1.165) is 28.1 Å². The lowest BCUT2D eigenvalue weighted by Crippen LogP contribution is -2.20. The Hall–Kier alpha value is -1.94. The highest BCUT2D eigenvalue weighted by atomic mass is 14.9. The molecule has 1 atom stereocenters. The van der Waals surface area contributed by atoms with Crippen LogP contribution < -0.4 is 11.1 Å². The quantitative estimate of drug-likeness (QED) is 0.884. The molecule has 2 rings (SSSR count). The number of rotatable bonds is 3. The maximum absolute atomic E-state index is 6.01.